The van der Waals surface area contributed by atoms with Crippen LogP contribution < -0.4 is 30.1 Å². The first-order valence-electron chi connectivity index (χ1n) is 9.07. The summed E-state index contributed by atoms with van der Waals surface area (Å²) >= 11 is -11.2. The first-order valence-corrected chi connectivity index (χ1v) is 16.4. The Morgan fingerprint density at radius 1 is 0.469 bits per heavy atom. The molecule has 11 heteroatoms. The Bertz CT molecular complexity index is 885. The van der Waals surface area contributed by atoms with Crippen LogP contribution in [0.2, 0.25) is 0 Å². The van der Waals surface area contributed by atoms with Gasteiger partial charge in [0.25, 0.3) is 0 Å². The van der Waals surface area contributed by atoms with E-state index in [0.717, 1.165) is 17.2 Å². The third kappa shape index (κ3) is 9.58. The van der Waals surface area contributed by atoms with Gasteiger partial charge in [-0.3, -0.25) is 0 Å². The van der Waals surface area contributed by atoms with E-state index in [0.29, 0.717) is 0 Å². The molecule has 176 valence electrons. The summed E-state index contributed by atoms with van der Waals surface area (Å²) in [6, 6.07) is 25.1. The fourth-order valence-corrected chi connectivity index (χ4v) is 5.27. The van der Waals surface area contributed by atoms with Crippen molar-refractivity contribution < 1.29 is 31.1 Å². The summed E-state index contributed by atoms with van der Waals surface area (Å²) in [5.74, 6) is 2.61. The molecule has 0 aliphatic rings. The molecule has 3 aromatic carbocycles. The molecule has 0 unspecified atom stereocenters. The van der Waals surface area contributed by atoms with Crippen LogP contribution in [0, 0.1) is 0 Å². The number of benzene rings is 3. The Labute approximate surface area is 185 Å². The topological polar surface area (TPSA) is 27.7 Å². The van der Waals surface area contributed by atoms with Crippen LogP contribution in [0.15, 0.2) is 72.8 Å². The summed E-state index contributed by atoms with van der Waals surface area (Å²) < 4.78 is 75.4. The SMILES string of the molecule is COc1ccc([PH+](c2ccc(OC)cc2)c2ccc(OC)cc2)cc1.[F][Sb-]([F])([F])([F])([F])[F]. The van der Waals surface area contributed by atoms with Crippen LogP contribution in [0.5, 0.6) is 17.2 Å². The molecule has 0 atom stereocenters. The molecule has 0 saturated heterocycles. The molecular weight excluding hydrogens is 567 g/mol. The summed E-state index contributed by atoms with van der Waals surface area (Å²) in [6.45, 7) is 0. The quantitative estimate of drug-likeness (QED) is 0.221. The van der Waals surface area contributed by atoms with Crippen LogP contribution in [0.25, 0.3) is 0 Å². The van der Waals surface area contributed by atoms with E-state index in [-0.39, 0.29) is 0 Å². The normalized spacial score (nSPS) is 13.3. The summed E-state index contributed by atoms with van der Waals surface area (Å²) in [6.07, 6.45) is 0. The monoisotopic (exact) mass is 588 g/mol. The van der Waals surface area contributed by atoms with Gasteiger partial charge in [0.15, 0.2) is 0 Å². The fraction of sp³-hybridized carbons (Fsp3) is 0.143. The average Bonchev–Trinajstić information content (AvgIpc) is 2.73. The van der Waals surface area contributed by atoms with Crippen molar-refractivity contribution in [2.45, 2.75) is 0 Å². The number of hydrogen-bond donors (Lipinski definition) is 0. The molecule has 0 aromatic heterocycles. The summed E-state index contributed by atoms with van der Waals surface area (Å²) in [5, 5.41) is 3.92. The molecule has 0 aliphatic carbocycles. The fourth-order valence-electron chi connectivity index (χ4n) is 2.77. The van der Waals surface area contributed by atoms with Crippen LogP contribution in [0.4, 0.5) is 16.9 Å². The van der Waals surface area contributed by atoms with Crippen LogP contribution >= 0.6 is 7.92 Å². The van der Waals surface area contributed by atoms with E-state index in [4.69, 9.17) is 14.2 Å². The van der Waals surface area contributed by atoms with Crippen LogP contribution in [-0.2, 0) is 0 Å². The molecule has 3 rings (SSSR count). The van der Waals surface area contributed by atoms with Gasteiger partial charge in [-0.1, -0.05) is 0 Å². The van der Waals surface area contributed by atoms with Crippen molar-refractivity contribution in [3.63, 3.8) is 0 Å². The third-order valence-corrected chi connectivity index (χ3v) is 6.87. The van der Waals surface area contributed by atoms with Gasteiger partial charge in [0.2, 0.25) is 0 Å². The van der Waals surface area contributed by atoms with Crippen LogP contribution in [0.3, 0.4) is 0 Å². The predicted octanol–water partition coefficient (Wildman–Crippen LogP) is 5.34. The van der Waals surface area contributed by atoms with Gasteiger partial charge in [-0.05, 0) is 72.8 Å². The molecule has 0 N–H and O–H groups in total. The molecule has 0 saturated carbocycles. The van der Waals surface area contributed by atoms with Crippen molar-refractivity contribution in [3.8, 4) is 17.2 Å². The zero-order chi connectivity index (χ0) is 24.1. The first-order chi connectivity index (χ1) is 14.7. The van der Waals surface area contributed by atoms with Crippen LogP contribution in [0.1, 0.15) is 0 Å². The van der Waals surface area contributed by atoms with Crippen molar-refractivity contribution in [2.24, 2.45) is 0 Å². The van der Waals surface area contributed by atoms with Gasteiger partial charge in [0, 0.05) is 0 Å². The molecule has 3 aromatic rings. The van der Waals surface area contributed by atoms with E-state index in [1.807, 2.05) is 36.4 Å². The second-order valence-corrected chi connectivity index (χ2v) is 14.5. The molecule has 0 heterocycles. The molecule has 0 bridgehead atoms. The molecule has 0 amide bonds. The zero-order valence-electron chi connectivity index (χ0n) is 17.4. The van der Waals surface area contributed by atoms with Gasteiger partial charge >= 0.3 is 36.4 Å². The number of rotatable bonds is 6. The molecule has 0 radical (unpaired) electrons. The molecule has 0 fully saturated rings. The molecule has 3 nitrogen and oxygen atoms in total. The maximum absolute atomic E-state index is 11.2. The van der Waals surface area contributed by atoms with E-state index in [2.05, 4.69) is 36.4 Å². The Hall–Kier alpha value is -2.11. The summed E-state index contributed by atoms with van der Waals surface area (Å²) in [4.78, 5) is 0. The average molecular weight is 589 g/mol. The third-order valence-electron chi connectivity index (χ3n) is 4.14. The maximum atomic E-state index is 9.93. The van der Waals surface area contributed by atoms with Crippen molar-refractivity contribution >= 4 is 43.3 Å². The zero-order valence-corrected chi connectivity index (χ0v) is 20.9. The second kappa shape index (κ2) is 9.40. The van der Waals surface area contributed by atoms with Gasteiger partial charge < -0.3 is 14.2 Å². The number of methoxy groups -OCH3 is 3. The second-order valence-electron chi connectivity index (χ2n) is 6.52. The number of ether oxygens (including phenoxy) is 3. The predicted molar refractivity (Wildman–Crippen MR) is 119 cm³/mol. The minimum atomic E-state index is -11.2. The van der Waals surface area contributed by atoms with Crippen molar-refractivity contribution in [3.05, 3.63) is 72.8 Å². The summed E-state index contributed by atoms with van der Waals surface area (Å²) in [7, 11) is 3.95. The molecule has 0 spiro atoms. The Morgan fingerprint density at radius 2 is 0.656 bits per heavy atom. The number of halogens is 6. The van der Waals surface area contributed by atoms with E-state index in [1.165, 1.54) is 15.9 Å². The van der Waals surface area contributed by atoms with E-state index in [9.17, 15) is 16.9 Å². The molecular formula is C21H22F6O3PSb. The Kier molecular flexibility index (Phi) is 7.68. The van der Waals surface area contributed by atoms with E-state index >= 15 is 0 Å². The summed E-state index contributed by atoms with van der Waals surface area (Å²) in [5.41, 5.74) is 0. The minimum absolute atomic E-state index is 0.870. The first kappa shape index (κ1) is 26.1. The standard InChI is InChI=1S/C21H21O3P.6FH.Sb/c1-22-16-4-10-19(11-5-16)25(20-12-6-17(23-2)7-13-20)21-14-8-18(24-3)9-15-21;;;;;;;/h4-15H,1-3H3;6*1H;/q;;;;;;;+5/p-5. The van der Waals surface area contributed by atoms with Crippen molar-refractivity contribution in [2.75, 3.05) is 21.3 Å². The Morgan fingerprint density at radius 3 is 0.812 bits per heavy atom. The van der Waals surface area contributed by atoms with E-state index < -0.39 is 27.4 Å². The number of hydrogen-bond acceptors (Lipinski definition) is 3. The molecule has 0 aliphatic heterocycles. The van der Waals surface area contributed by atoms with Crippen molar-refractivity contribution in [1.29, 1.82) is 0 Å². The van der Waals surface area contributed by atoms with Crippen LogP contribution in [-0.4, -0.2) is 40.8 Å². The van der Waals surface area contributed by atoms with Gasteiger partial charge in [-0.15, -0.1) is 0 Å². The van der Waals surface area contributed by atoms with Gasteiger partial charge in [-0.25, -0.2) is 0 Å². The Balaban J connectivity index is 0.000000451. The van der Waals surface area contributed by atoms with Gasteiger partial charge in [0.05, 0.1) is 29.3 Å². The van der Waals surface area contributed by atoms with E-state index in [1.54, 1.807) is 21.3 Å². The molecule has 32 heavy (non-hydrogen) atoms. The van der Waals surface area contributed by atoms with Gasteiger partial charge in [-0.2, -0.15) is 0 Å². The van der Waals surface area contributed by atoms with Gasteiger partial charge in [0.1, 0.15) is 33.2 Å². The van der Waals surface area contributed by atoms with Crippen molar-refractivity contribution in [1.82, 2.24) is 0 Å².